The molecule has 0 bridgehead atoms. The summed E-state index contributed by atoms with van der Waals surface area (Å²) < 4.78 is 12.8. The molecular formula is C26H29N5O3. The third-order valence-corrected chi connectivity index (χ3v) is 7.35. The van der Waals surface area contributed by atoms with Gasteiger partial charge in [-0.05, 0) is 56.4 Å². The van der Waals surface area contributed by atoms with Gasteiger partial charge in [-0.3, -0.25) is 4.79 Å². The van der Waals surface area contributed by atoms with E-state index in [0.29, 0.717) is 30.6 Å². The van der Waals surface area contributed by atoms with E-state index in [0.717, 1.165) is 54.1 Å². The molecule has 0 spiro atoms. The number of hydrogen-bond acceptors (Lipinski definition) is 6. The number of carbonyl (C=O) groups is 1. The number of rotatable bonds is 6. The van der Waals surface area contributed by atoms with Gasteiger partial charge in [-0.15, -0.1) is 0 Å². The fraction of sp³-hybridized carbons (Fsp3) is 0.462. The number of hydrogen-bond donors (Lipinski definition) is 1. The highest BCUT2D eigenvalue weighted by atomic mass is 16.7. The van der Waals surface area contributed by atoms with E-state index in [1.54, 1.807) is 4.52 Å². The van der Waals surface area contributed by atoms with Crippen molar-refractivity contribution < 1.29 is 14.3 Å². The van der Waals surface area contributed by atoms with Crippen LogP contribution in [0, 0.1) is 25.2 Å². The summed E-state index contributed by atoms with van der Waals surface area (Å²) in [4.78, 5) is 17.5. The maximum atomic E-state index is 12.9. The second kappa shape index (κ2) is 8.98. The molecule has 1 aromatic carbocycles. The summed E-state index contributed by atoms with van der Waals surface area (Å²) >= 11 is 0. The molecule has 176 valence electrons. The molecule has 2 aromatic heterocycles. The van der Waals surface area contributed by atoms with Gasteiger partial charge in [0, 0.05) is 29.8 Å². The van der Waals surface area contributed by atoms with Gasteiger partial charge in [0.05, 0.1) is 6.20 Å². The van der Waals surface area contributed by atoms with Crippen LogP contribution in [0.3, 0.4) is 0 Å². The number of carbonyl (C=O) groups excluding carboxylic acids is 1. The van der Waals surface area contributed by atoms with E-state index in [1.807, 2.05) is 19.9 Å². The number of nitriles is 1. The first-order valence-corrected chi connectivity index (χ1v) is 11.9. The molecule has 1 fully saturated rings. The van der Waals surface area contributed by atoms with Crippen molar-refractivity contribution in [2.24, 2.45) is 0 Å². The Balaban J connectivity index is 1.28. The molecule has 1 N–H and O–H groups in total. The van der Waals surface area contributed by atoms with Crippen molar-refractivity contribution in [2.75, 3.05) is 13.3 Å². The molecule has 0 saturated heterocycles. The van der Waals surface area contributed by atoms with Crippen LogP contribution in [0.4, 0.5) is 0 Å². The van der Waals surface area contributed by atoms with E-state index in [1.165, 1.54) is 18.2 Å². The van der Waals surface area contributed by atoms with E-state index in [2.05, 4.69) is 33.6 Å². The zero-order valence-corrected chi connectivity index (χ0v) is 19.7. The van der Waals surface area contributed by atoms with E-state index in [9.17, 15) is 10.1 Å². The van der Waals surface area contributed by atoms with Crippen LogP contribution in [0.25, 0.3) is 5.65 Å². The maximum Gasteiger partial charge on any atom is 0.231 e. The molecule has 3 aromatic rings. The number of aryl methyl sites for hydroxylation is 2. The Morgan fingerprint density at radius 3 is 2.79 bits per heavy atom. The van der Waals surface area contributed by atoms with Gasteiger partial charge in [0.25, 0.3) is 0 Å². The number of nitrogens with zero attached hydrogens (tertiary/aromatic N) is 4. The summed E-state index contributed by atoms with van der Waals surface area (Å²) in [5, 5.41) is 16.8. The molecule has 1 aliphatic heterocycles. The Hall–Kier alpha value is -3.60. The number of fused-ring (bicyclic) bond motifs is 2. The van der Waals surface area contributed by atoms with E-state index >= 15 is 0 Å². The highest BCUT2D eigenvalue weighted by Gasteiger charge is 2.35. The fourth-order valence-corrected chi connectivity index (χ4v) is 5.37. The molecular weight excluding hydrogens is 430 g/mol. The molecule has 0 atom stereocenters. The predicted molar refractivity (Wildman–Crippen MR) is 126 cm³/mol. The third kappa shape index (κ3) is 3.96. The van der Waals surface area contributed by atoms with Crippen molar-refractivity contribution in [3.8, 4) is 17.6 Å². The number of nitrogens with one attached hydrogen (secondary N) is 1. The molecule has 8 heteroatoms. The van der Waals surface area contributed by atoms with Gasteiger partial charge in [0.15, 0.2) is 17.1 Å². The molecule has 3 heterocycles. The Kier molecular flexibility index (Phi) is 5.86. The molecule has 0 radical (unpaired) electrons. The molecule has 8 nitrogen and oxygen atoms in total. The van der Waals surface area contributed by atoms with Crippen molar-refractivity contribution in [3.05, 3.63) is 52.5 Å². The first kappa shape index (κ1) is 22.2. The lowest BCUT2D eigenvalue weighted by molar-refractivity contribution is -0.121. The van der Waals surface area contributed by atoms with Gasteiger partial charge in [0.2, 0.25) is 12.7 Å². The summed E-state index contributed by atoms with van der Waals surface area (Å²) in [6.45, 7) is 4.76. The van der Waals surface area contributed by atoms with Gasteiger partial charge >= 0.3 is 0 Å². The first-order chi connectivity index (χ1) is 16.5. The molecule has 1 aliphatic carbocycles. The second-order valence-electron chi connectivity index (χ2n) is 9.35. The quantitative estimate of drug-likeness (QED) is 0.600. The summed E-state index contributed by atoms with van der Waals surface area (Å²) in [6, 6.07) is 8.33. The Morgan fingerprint density at radius 1 is 1.21 bits per heavy atom. The van der Waals surface area contributed by atoms with Crippen LogP contribution < -0.4 is 14.8 Å². The monoisotopic (exact) mass is 459 g/mol. The summed E-state index contributed by atoms with van der Waals surface area (Å²) in [6.07, 6.45) is 8.12. The third-order valence-electron chi connectivity index (χ3n) is 7.35. The average molecular weight is 460 g/mol. The minimum absolute atomic E-state index is 0.0303. The van der Waals surface area contributed by atoms with Crippen molar-refractivity contribution in [1.29, 1.82) is 5.26 Å². The minimum Gasteiger partial charge on any atom is -0.454 e. The summed E-state index contributed by atoms with van der Waals surface area (Å²) in [7, 11) is 0. The van der Waals surface area contributed by atoms with Gasteiger partial charge in [-0.25, -0.2) is 9.50 Å². The lowest BCUT2D eigenvalue weighted by Gasteiger charge is -2.38. The van der Waals surface area contributed by atoms with Crippen LogP contribution in [-0.4, -0.2) is 33.8 Å². The van der Waals surface area contributed by atoms with Crippen molar-refractivity contribution in [3.63, 3.8) is 0 Å². The SMILES string of the molecule is Cc1nc2c(C#N)cnn2c(C)c1CCC(=O)NCC1(c2ccc3c(c2)OCO3)CCCCC1. The van der Waals surface area contributed by atoms with Crippen LogP contribution in [0.2, 0.25) is 0 Å². The minimum atomic E-state index is -0.0794. The normalized spacial score (nSPS) is 16.4. The average Bonchev–Trinajstić information content (AvgIpc) is 3.49. The lowest BCUT2D eigenvalue weighted by Crippen LogP contribution is -2.42. The van der Waals surface area contributed by atoms with Gasteiger partial charge < -0.3 is 14.8 Å². The topological polar surface area (TPSA) is 102 Å². The highest BCUT2D eigenvalue weighted by molar-refractivity contribution is 5.76. The van der Waals surface area contributed by atoms with Gasteiger partial charge in [-0.1, -0.05) is 25.3 Å². The number of amides is 1. The van der Waals surface area contributed by atoms with Crippen molar-refractivity contribution >= 4 is 11.6 Å². The Morgan fingerprint density at radius 2 is 2.00 bits per heavy atom. The van der Waals surface area contributed by atoms with Gasteiger partial charge in [0.1, 0.15) is 11.6 Å². The van der Waals surface area contributed by atoms with E-state index < -0.39 is 0 Å². The Bertz CT molecular complexity index is 1280. The molecule has 0 unspecified atom stereocenters. The summed E-state index contributed by atoms with van der Waals surface area (Å²) in [5.74, 6) is 1.61. The van der Waals surface area contributed by atoms with Crippen LogP contribution in [-0.2, 0) is 16.6 Å². The smallest absolute Gasteiger partial charge is 0.231 e. The predicted octanol–water partition coefficient (Wildman–Crippen LogP) is 3.90. The van der Waals surface area contributed by atoms with E-state index in [4.69, 9.17) is 9.47 Å². The van der Waals surface area contributed by atoms with Crippen molar-refractivity contribution in [1.82, 2.24) is 19.9 Å². The first-order valence-electron chi connectivity index (χ1n) is 11.9. The van der Waals surface area contributed by atoms with Crippen LogP contribution >= 0.6 is 0 Å². The molecule has 1 saturated carbocycles. The lowest BCUT2D eigenvalue weighted by atomic mass is 9.69. The van der Waals surface area contributed by atoms with E-state index in [-0.39, 0.29) is 18.1 Å². The van der Waals surface area contributed by atoms with Crippen LogP contribution in [0.1, 0.15) is 66.6 Å². The highest BCUT2D eigenvalue weighted by Crippen LogP contribution is 2.43. The number of ether oxygens (including phenoxy) is 2. The Labute approximate surface area is 198 Å². The number of benzene rings is 1. The van der Waals surface area contributed by atoms with Crippen molar-refractivity contribution in [2.45, 2.75) is 64.2 Å². The standard InChI is InChI=1S/C26H29N5O3/c1-17-21(18(2)31-25(30-17)19(13-27)14-29-31)7-9-24(32)28-15-26(10-4-3-5-11-26)20-6-8-22-23(12-20)34-16-33-22/h6,8,12,14H,3-5,7,9-11,15-16H2,1-2H3,(H,28,32). The maximum absolute atomic E-state index is 12.9. The number of aromatic nitrogens is 3. The van der Waals surface area contributed by atoms with Crippen LogP contribution in [0.5, 0.6) is 11.5 Å². The second-order valence-corrected chi connectivity index (χ2v) is 9.35. The molecule has 2 aliphatic rings. The zero-order chi connectivity index (χ0) is 23.7. The van der Waals surface area contributed by atoms with Gasteiger partial charge in [-0.2, -0.15) is 10.4 Å². The molecule has 5 rings (SSSR count). The zero-order valence-electron chi connectivity index (χ0n) is 19.7. The molecule has 1 amide bonds. The van der Waals surface area contributed by atoms with Crippen LogP contribution in [0.15, 0.2) is 24.4 Å². The molecule has 34 heavy (non-hydrogen) atoms. The largest absolute Gasteiger partial charge is 0.454 e. The fourth-order valence-electron chi connectivity index (χ4n) is 5.37. The summed E-state index contributed by atoms with van der Waals surface area (Å²) in [5.41, 5.74) is 4.90.